The summed E-state index contributed by atoms with van der Waals surface area (Å²) in [6, 6.07) is 11.4. The summed E-state index contributed by atoms with van der Waals surface area (Å²) >= 11 is 0. The minimum absolute atomic E-state index is 0.0643. The van der Waals surface area contributed by atoms with Crippen molar-refractivity contribution in [2.75, 3.05) is 6.61 Å². The van der Waals surface area contributed by atoms with E-state index in [-0.39, 0.29) is 11.5 Å². The normalized spacial score (nSPS) is 11.0. The Kier molecular flexibility index (Phi) is 8.80. The fraction of sp³-hybridized carbons (Fsp3) is 0.333. The molecule has 0 aliphatic heterocycles. The van der Waals surface area contributed by atoms with E-state index in [0.29, 0.717) is 17.7 Å². The van der Waals surface area contributed by atoms with Crippen molar-refractivity contribution in [2.45, 2.75) is 45.4 Å². The number of benzene rings is 2. The number of esters is 1. The van der Waals surface area contributed by atoms with Gasteiger partial charge in [0, 0.05) is 11.6 Å². The van der Waals surface area contributed by atoms with Crippen molar-refractivity contribution in [2.24, 2.45) is 5.10 Å². The van der Waals surface area contributed by atoms with Crippen LogP contribution in [0.2, 0.25) is 0 Å². The van der Waals surface area contributed by atoms with Crippen LogP contribution in [0.5, 0.6) is 17.2 Å². The lowest BCUT2D eigenvalue weighted by Crippen LogP contribution is -2.08. The maximum Gasteiger partial charge on any atom is 0.343 e. The van der Waals surface area contributed by atoms with Crippen LogP contribution in [-0.4, -0.2) is 38.8 Å². The summed E-state index contributed by atoms with van der Waals surface area (Å²) in [7, 11) is 0. The molecular formula is C24H28N4O4. The third-order valence-electron chi connectivity index (χ3n) is 4.81. The van der Waals surface area contributed by atoms with Crippen molar-refractivity contribution >= 4 is 12.2 Å². The zero-order valence-corrected chi connectivity index (χ0v) is 18.2. The summed E-state index contributed by atoms with van der Waals surface area (Å²) in [5.41, 5.74) is 0.861. The SMILES string of the molecule is CCCCCCCCOc1ccc(C(=O)Oc2ccc(/C=N/n3cnnc3)c(O)c2)cc1. The minimum atomic E-state index is -0.516. The van der Waals surface area contributed by atoms with Gasteiger partial charge in [0.15, 0.2) is 0 Å². The molecular weight excluding hydrogens is 408 g/mol. The Bertz CT molecular complexity index is 1000. The number of hydrogen-bond acceptors (Lipinski definition) is 7. The zero-order valence-electron chi connectivity index (χ0n) is 18.2. The van der Waals surface area contributed by atoms with Crippen molar-refractivity contribution < 1.29 is 19.4 Å². The summed E-state index contributed by atoms with van der Waals surface area (Å²) in [6.07, 6.45) is 11.6. The number of nitrogens with zero attached hydrogens (tertiary/aromatic N) is 4. The minimum Gasteiger partial charge on any atom is -0.507 e. The van der Waals surface area contributed by atoms with Gasteiger partial charge in [-0.05, 0) is 42.8 Å². The van der Waals surface area contributed by atoms with Crippen LogP contribution < -0.4 is 9.47 Å². The monoisotopic (exact) mass is 436 g/mol. The Morgan fingerprint density at radius 3 is 2.41 bits per heavy atom. The molecule has 32 heavy (non-hydrogen) atoms. The highest BCUT2D eigenvalue weighted by Crippen LogP contribution is 2.23. The molecule has 168 valence electrons. The van der Waals surface area contributed by atoms with Gasteiger partial charge in [-0.3, -0.25) is 0 Å². The molecule has 0 radical (unpaired) electrons. The number of rotatable bonds is 12. The first kappa shape index (κ1) is 23.0. The molecule has 0 fully saturated rings. The van der Waals surface area contributed by atoms with Crippen LogP contribution in [0.15, 0.2) is 60.2 Å². The molecule has 8 nitrogen and oxygen atoms in total. The smallest absolute Gasteiger partial charge is 0.343 e. The zero-order chi connectivity index (χ0) is 22.6. The predicted octanol–water partition coefficient (Wildman–Crippen LogP) is 4.82. The fourth-order valence-corrected chi connectivity index (χ4v) is 3.01. The summed E-state index contributed by atoms with van der Waals surface area (Å²) in [4.78, 5) is 12.4. The standard InChI is InChI=1S/C24H28N4O4/c1-2-3-4-5-6-7-14-31-21-11-8-19(9-12-21)24(30)32-22-13-10-20(23(29)15-22)16-27-28-17-25-26-18-28/h8-13,15-18,29H,2-7,14H2,1H3/b27-16+. The van der Waals surface area contributed by atoms with Gasteiger partial charge in [-0.1, -0.05) is 39.0 Å². The quantitative estimate of drug-likeness (QED) is 0.189. The second-order valence-corrected chi connectivity index (χ2v) is 7.34. The first-order valence-corrected chi connectivity index (χ1v) is 10.8. The van der Waals surface area contributed by atoms with Gasteiger partial charge in [-0.2, -0.15) is 5.10 Å². The van der Waals surface area contributed by atoms with Crippen molar-refractivity contribution in [3.8, 4) is 17.2 Å². The highest BCUT2D eigenvalue weighted by molar-refractivity contribution is 5.91. The number of phenolic OH excluding ortho intramolecular Hbond substituents is 1. The number of ether oxygens (including phenoxy) is 2. The molecule has 0 saturated carbocycles. The summed E-state index contributed by atoms with van der Waals surface area (Å²) < 4.78 is 12.5. The third-order valence-corrected chi connectivity index (χ3v) is 4.81. The number of unbranched alkanes of at least 4 members (excludes halogenated alkanes) is 5. The van der Waals surface area contributed by atoms with E-state index in [1.165, 1.54) is 61.7 Å². The van der Waals surface area contributed by atoms with Crippen molar-refractivity contribution in [1.29, 1.82) is 0 Å². The molecule has 3 aromatic rings. The Morgan fingerprint density at radius 1 is 1.00 bits per heavy atom. The summed E-state index contributed by atoms with van der Waals surface area (Å²) in [6.45, 7) is 2.88. The largest absolute Gasteiger partial charge is 0.507 e. The van der Waals surface area contributed by atoms with Crippen LogP contribution in [0.3, 0.4) is 0 Å². The van der Waals surface area contributed by atoms with Crippen molar-refractivity contribution in [1.82, 2.24) is 14.9 Å². The molecule has 3 rings (SSSR count). The van der Waals surface area contributed by atoms with Crippen LogP contribution in [0, 0.1) is 0 Å². The van der Waals surface area contributed by atoms with Gasteiger partial charge in [-0.15, -0.1) is 10.2 Å². The molecule has 2 aromatic carbocycles. The Labute approximate surface area is 187 Å². The number of hydrogen-bond donors (Lipinski definition) is 1. The number of aromatic hydroxyl groups is 1. The van der Waals surface area contributed by atoms with E-state index in [0.717, 1.165) is 12.2 Å². The van der Waals surface area contributed by atoms with Crippen LogP contribution in [0.1, 0.15) is 61.4 Å². The number of aromatic nitrogens is 3. The van der Waals surface area contributed by atoms with Crippen LogP contribution in [-0.2, 0) is 0 Å². The molecule has 0 aliphatic carbocycles. The molecule has 0 bridgehead atoms. The molecule has 1 heterocycles. The van der Waals surface area contributed by atoms with E-state index in [1.807, 2.05) is 0 Å². The summed E-state index contributed by atoms with van der Waals surface area (Å²) in [5.74, 6) is 0.380. The molecule has 0 amide bonds. The Hall–Kier alpha value is -3.68. The van der Waals surface area contributed by atoms with Crippen LogP contribution in [0.25, 0.3) is 0 Å². The first-order chi connectivity index (χ1) is 15.7. The molecule has 0 saturated heterocycles. The van der Waals surface area contributed by atoms with E-state index in [9.17, 15) is 9.90 Å². The van der Waals surface area contributed by atoms with Gasteiger partial charge in [0.25, 0.3) is 0 Å². The van der Waals surface area contributed by atoms with Crippen LogP contribution in [0.4, 0.5) is 0 Å². The van der Waals surface area contributed by atoms with Gasteiger partial charge in [0.2, 0.25) is 0 Å². The number of phenols is 1. The topological polar surface area (TPSA) is 98.8 Å². The lowest BCUT2D eigenvalue weighted by molar-refractivity contribution is 0.0734. The third kappa shape index (κ3) is 7.23. The van der Waals surface area contributed by atoms with Gasteiger partial charge < -0.3 is 14.6 Å². The Balaban J connectivity index is 1.47. The Morgan fingerprint density at radius 2 is 1.69 bits per heavy atom. The summed E-state index contributed by atoms with van der Waals surface area (Å²) in [5, 5.41) is 21.5. The predicted molar refractivity (Wildman–Crippen MR) is 121 cm³/mol. The maximum atomic E-state index is 12.4. The van der Waals surface area contributed by atoms with Crippen molar-refractivity contribution in [3.05, 3.63) is 66.2 Å². The highest BCUT2D eigenvalue weighted by Gasteiger charge is 2.10. The number of carbonyl (C=O) groups is 1. The second-order valence-electron chi connectivity index (χ2n) is 7.34. The van der Waals surface area contributed by atoms with E-state index in [1.54, 1.807) is 36.4 Å². The van der Waals surface area contributed by atoms with Crippen LogP contribution >= 0.6 is 0 Å². The second kappa shape index (κ2) is 12.2. The van der Waals surface area contributed by atoms with Gasteiger partial charge in [-0.25, -0.2) is 9.47 Å². The first-order valence-electron chi connectivity index (χ1n) is 10.8. The fourth-order valence-electron chi connectivity index (χ4n) is 3.01. The lowest BCUT2D eigenvalue weighted by Gasteiger charge is -2.08. The molecule has 0 aliphatic rings. The van der Waals surface area contributed by atoms with Gasteiger partial charge in [0.1, 0.15) is 29.9 Å². The highest BCUT2D eigenvalue weighted by atomic mass is 16.5. The average molecular weight is 437 g/mol. The molecule has 1 aromatic heterocycles. The average Bonchev–Trinajstić information content (AvgIpc) is 3.32. The molecule has 1 N–H and O–H groups in total. The van der Waals surface area contributed by atoms with E-state index < -0.39 is 5.97 Å². The van der Waals surface area contributed by atoms with Gasteiger partial charge in [0.05, 0.1) is 18.4 Å². The van der Waals surface area contributed by atoms with E-state index in [4.69, 9.17) is 9.47 Å². The van der Waals surface area contributed by atoms with Gasteiger partial charge >= 0.3 is 5.97 Å². The van der Waals surface area contributed by atoms with Crippen molar-refractivity contribution in [3.63, 3.8) is 0 Å². The molecule has 8 heteroatoms. The molecule has 0 spiro atoms. The van der Waals surface area contributed by atoms with E-state index >= 15 is 0 Å². The molecule has 0 atom stereocenters. The van der Waals surface area contributed by atoms with E-state index in [2.05, 4.69) is 22.2 Å². The maximum absolute atomic E-state index is 12.4. The molecule has 0 unspecified atom stereocenters. The number of carbonyl (C=O) groups excluding carboxylic acids is 1. The lowest BCUT2D eigenvalue weighted by atomic mass is 10.1.